The summed E-state index contributed by atoms with van der Waals surface area (Å²) >= 11 is 0. The number of anilines is 2. The van der Waals surface area contributed by atoms with Gasteiger partial charge in [0.2, 0.25) is 6.23 Å². The molecule has 0 aromatic carbocycles. The van der Waals surface area contributed by atoms with Crippen LogP contribution in [0.5, 0.6) is 0 Å². The van der Waals surface area contributed by atoms with Crippen molar-refractivity contribution in [2.45, 2.75) is 6.23 Å². The van der Waals surface area contributed by atoms with Crippen molar-refractivity contribution in [2.24, 2.45) is 0 Å². The van der Waals surface area contributed by atoms with Crippen molar-refractivity contribution in [3.63, 3.8) is 0 Å². The highest BCUT2D eigenvalue weighted by atomic mass is 16.3. The maximum absolute atomic E-state index is 11.2. The summed E-state index contributed by atoms with van der Waals surface area (Å²) in [6.45, 7) is 0. The molecule has 0 spiro atoms. The van der Waals surface area contributed by atoms with Gasteiger partial charge in [0.1, 0.15) is 12.0 Å². The highest BCUT2D eigenvalue weighted by Crippen LogP contribution is 2.25. The van der Waals surface area contributed by atoms with Gasteiger partial charge >= 0.3 is 0 Å². The summed E-state index contributed by atoms with van der Waals surface area (Å²) in [6.07, 6.45) is 1.65. The van der Waals surface area contributed by atoms with E-state index in [1.807, 2.05) is 0 Å². The van der Waals surface area contributed by atoms with Crippen LogP contribution in [0.15, 0.2) is 12.5 Å². The van der Waals surface area contributed by atoms with Crippen molar-refractivity contribution < 1.29 is 9.90 Å². The first kappa shape index (κ1) is 7.93. The molecule has 13 heavy (non-hydrogen) atoms. The number of aliphatic hydroxyl groups excluding tert-OH is 1. The monoisotopic (exact) mass is 180 g/mol. The second kappa shape index (κ2) is 2.67. The second-order valence-electron chi connectivity index (χ2n) is 2.70. The molecule has 2 heterocycles. The zero-order valence-electron chi connectivity index (χ0n) is 6.93. The Balaban J connectivity index is 2.49. The summed E-state index contributed by atoms with van der Waals surface area (Å²) in [5.74, 6) is 0.0481. The van der Waals surface area contributed by atoms with E-state index in [9.17, 15) is 9.90 Å². The van der Waals surface area contributed by atoms with Gasteiger partial charge in [0.25, 0.3) is 5.91 Å². The summed E-state index contributed by atoms with van der Waals surface area (Å²) in [5, 5.41) is 11.8. The normalized spacial score (nSPS) is 20.9. The van der Waals surface area contributed by atoms with E-state index in [4.69, 9.17) is 0 Å². The van der Waals surface area contributed by atoms with E-state index in [0.717, 1.165) is 0 Å². The SMILES string of the molecule is CN1C(=O)C(O)Nc2ncncc21. The van der Waals surface area contributed by atoms with Gasteiger partial charge in [-0.1, -0.05) is 0 Å². The maximum Gasteiger partial charge on any atom is 0.276 e. The molecule has 68 valence electrons. The zero-order valence-corrected chi connectivity index (χ0v) is 6.93. The van der Waals surface area contributed by atoms with Crippen molar-refractivity contribution >= 4 is 17.4 Å². The molecule has 2 N–H and O–H groups in total. The average molecular weight is 180 g/mol. The number of hydrogen-bond acceptors (Lipinski definition) is 5. The fourth-order valence-electron chi connectivity index (χ4n) is 1.17. The van der Waals surface area contributed by atoms with Gasteiger partial charge in [0.05, 0.1) is 6.20 Å². The first-order valence-corrected chi connectivity index (χ1v) is 3.72. The quantitative estimate of drug-likeness (QED) is 0.545. The van der Waals surface area contributed by atoms with E-state index < -0.39 is 12.1 Å². The van der Waals surface area contributed by atoms with Crippen LogP contribution in [0.2, 0.25) is 0 Å². The number of carbonyl (C=O) groups excluding carboxylic acids is 1. The lowest BCUT2D eigenvalue weighted by molar-refractivity contribution is -0.125. The predicted molar refractivity (Wildman–Crippen MR) is 45.1 cm³/mol. The number of fused-ring (bicyclic) bond motifs is 1. The highest BCUT2D eigenvalue weighted by Gasteiger charge is 2.29. The summed E-state index contributed by atoms with van der Waals surface area (Å²) < 4.78 is 0. The Labute approximate surface area is 74.2 Å². The molecule has 1 aromatic heterocycles. The molecule has 1 aliphatic rings. The van der Waals surface area contributed by atoms with Crippen molar-refractivity contribution in [1.82, 2.24) is 9.97 Å². The van der Waals surface area contributed by atoms with Crippen LogP contribution in [0.25, 0.3) is 0 Å². The van der Waals surface area contributed by atoms with E-state index in [1.165, 1.54) is 17.4 Å². The van der Waals surface area contributed by atoms with E-state index in [1.54, 1.807) is 7.05 Å². The molecule has 6 nitrogen and oxygen atoms in total. The van der Waals surface area contributed by atoms with Gasteiger partial charge in [-0.3, -0.25) is 4.79 Å². The minimum Gasteiger partial charge on any atom is -0.365 e. The lowest BCUT2D eigenvalue weighted by Crippen LogP contribution is -2.45. The Morgan fingerprint density at radius 1 is 1.69 bits per heavy atom. The van der Waals surface area contributed by atoms with Crippen LogP contribution in [-0.4, -0.2) is 34.3 Å². The Kier molecular flexibility index (Phi) is 1.63. The van der Waals surface area contributed by atoms with Crippen LogP contribution in [-0.2, 0) is 4.79 Å². The molecule has 1 atom stereocenters. The summed E-state index contributed by atoms with van der Waals surface area (Å²) in [4.78, 5) is 20.2. The van der Waals surface area contributed by atoms with Gasteiger partial charge < -0.3 is 15.3 Å². The third-order valence-corrected chi connectivity index (χ3v) is 1.89. The van der Waals surface area contributed by atoms with E-state index in [0.29, 0.717) is 11.5 Å². The first-order chi connectivity index (χ1) is 6.20. The Morgan fingerprint density at radius 2 is 2.46 bits per heavy atom. The standard InChI is InChI=1S/C7H8N4O2/c1-11-4-2-8-3-9-5(4)10-6(12)7(11)13/h2-3,6,12H,1H3,(H,8,9,10). The van der Waals surface area contributed by atoms with E-state index in [-0.39, 0.29) is 0 Å². The molecular formula is C7H8N4O2. The number of aliphatic hydroxyl groups is 1. The topological polar surface area (TPSA) is 78.4 Å². The Bertz CT molecular complexity index is 354. The summed E-state index contributed by atoms with van der Waals surface area (Å²) in [7, 11) is 1.56. The van der Waals surface area contributed by atoms with E-state index >= 15 is 0 Å². The summed E-state index contributed by atoms with van der Waals surface area (Å²) in [5.41, 5.74) is 0.567. The Morgan fingerprint density at radius 3 is 3.23 bits per heavy atom. The molecule has 1 aliphatic heterocycles. The molecule has 1 aromatic rings. The van der Waals surface area contributed by atoms with Crippen LogP contribution < -0.4 is 10.2 Å². The average Bonchev–Trinajstić information content (AvgIpc) is 2.15. The van der Waals surface area contributed by atoms with Gasteiger partial charge in [-0.25, -0.2) is 9.97 Å². The van der Waals surface area contributed by atoms with Gasteiger partial charge in [-0.05, 0) is 0 Å². The number of rotatable bonds is 0. The lowest BCUT2D eigenvalue weighted by Gasteiger charge is -2.28. The van der Waals surface area contributed by atoms with Crippen molar-refractivity contribution in [2.75, 3.05) is 17.3 Å². The minimum atomic E-state index is -1.22. The van der Waals surface area contributed by atoms with Crippen molar-refractivity contribution in [3.8, 4) is 0 Å². The number of amides is 1. The Hall–Kier alpha value is -1.69. The summed E-state index contributed by atoms with van der Waals surface area (Å²) in [6, 6.07) is 0. The molecule has 0 saturated heterocycles. The largest absolute Gasteiger partial charge is 0.365 e. The number of nitrogens with one attached hydrogen (secondary N) is 1. The highest BCUT2D eigenvalue weighted by molar-refractivity contribution is 6.02. The lowest BCUT2D eigenvalue weighted by atomic mass is 10.3. The van der Waals surface area contributed by atoms with Gasteiger partial charge in [0.15, 0.2) is 5.82 Å². The van der Waals surface area contributed by atoms with Crippen LogP contribution in [0, 0.1) is 0 Å². The smallest absolute Gasteiger partial charge is 0.276 e. The number of carbonyl (C=O) groups is 1. The van der Waals surface area contributed by atoms with Crippen LogP contribution >= 0.6 is 0 Å². The van der Waals surface area contributed by atoms with E-state index in [2.05, 4.69) is 15.3 Å². The molecule has 6 heteroatoms. The maximum atomic E-state index is 11.2. The van der Waals surface area contributed by atoms with Crippen LogP contribution in [0.4, 0.5) is 11.5 Å². The molecule has 0 saturated carbocycles. The fraction of sp³-hybridized carbons (Fsp3) is 0.286. The van der Waals surface area contributed by atoms with Crippen molar-refractivity contribution in [3.05, 3.63) is 12.5 Å². The third kappa shape index (κ3) is 1.11. The third-order valence-electron chi connectivity index (χ3n) is 1.89. The molecular weight excluding hydrogens is 172 g/mol. The zero-order chi connectivity index (χ0) is 9.42. The number of likely N-dealkylation sites (N-methyl/N-ethyl adjacent to an activating group) is 1. The van der Waals surface area contributed by atoms with Crippen LogP contribution in [0.3, 0.4) is 0 Å². The molecule has 0 bridgehead atoms. The molecule has 1 amide bonds. The number of hydrogen-bond donors (Lipinski definition) is 2. The molecule has 1 unspecified atom stereocenters. The molecule has 0 aliphatic carbocycles. The minimum absolute atomic E-state index is 0.415. The van der Waals surface area contributed by atoms with Gasteiger partial charge in [-0.15, -0.1) is 0 Å². The number of nitrogens with zero attached hydrogens (tertiary/aromatic N) is 3. The molecule has 0 radical (unpaired) electrons. The second-order valence-corrected chi connectivity index (χ2v) is 2.70. The molecule has 2 rings (SSSR count). The van der Waals surface area contributed by atoms with Gasteiger partial charge in [-0.2, -0.15) is 0 Å². The predicted octanol–water partition coefficient (Wildman–Crippen LogP) is -0.817. The number of aromatic nitrogens is 2. The van der Waals surface area contributed by atoms with Crippen LogP contribution in [0.1, 0.15) is 0 Å². The first-order valence-electron chi connectivity index (χ1n) is 3.72. The van der Waals surface area contributed by atoms with Crippen molar-refractivity contribution in [1.29, 1.82) is 0 Å². The fourth-order valence-corrected chi connectivity index (χ4v) is 1.17. The van der Waals surface area contributed by atoms with Gasteiger partial charge in [0, 0.05) is 7.05 Å². The molecule has 0 fully saturated rings.